The quantitative estimate of drug-likeness (QED) is 0.785. The summed E-state index contributed by atoms with van der Waals surface area (Å²) in [6.07, 6.45) is 0. The van der Waals surface area contributed by atoms with Gasteiger partial charge in [0.2, 0.25) is 5.95 Å². The van der Waals surface area contributed by atoms with E-state index >= 15 is 0 Å². The highest BCUT2D eigenvalue weighted by atomic mass is 79.9. The van der Waals surface area contributed by atoms with Crippen LogP contribution in [0, 0.1) is 11.3 Å². The maximum atomic E-state index is 9.12. The standard InChI is InChI=1S/C15H11BrN4/c16-12-5-1-3-10(7-12)9-20-13-6-2-4-11(8-17)14(13)19-15(20)18/h1-7H,9H2,(H2,18,19). The minimum absolute atomic E-state index is 0.419. The van der Waals surface area contributed by atoms with Crippen molar-refractivity contribution < 1.29 is 0 Å². The highest BCUT2D eigenvalue weighted by Crippen LogP contribution is 2.23. The third kappa shape index (κ3) is 2.15. The Labute approximate surface area is 124 Å². The summed E-state index contributed by atoms with van der Waals surface area (Å²) in [5.41, 5.74) is 9.19. The van der Waals surface area contributed by atoms with Crippen LogP contribution in [-0.2, 0) is 6.54 Å². The second kappa shape index (κ2) is 4.99. The van der Waals surface area contributed by atoms with E-state index < -0.39 is 0 Å². The average molecular weight is 327 g/mol. The van der Waals surface area contributed by atoms with Gasteiger partial charge in [0.15, 0.2) is 0 Å². The third-order valence-electron chi connectivity index (χ3n) is 3.16. The minimum atomic E-state index is 0.419. The van der Waals surface area contributed by atoms with E-state index in [0.717, 1.165) is 15.6 Å². The van der Waals surface area contributed by atoms with Crippen LogP contribution in [0.4, 0.5) is 5.95 Å². The summed E-state index contributed by atoms with van der Waals surface area (Å²) in [6, 6.07) is 15.7. The molecular weight excluding hydrogens is 316 g/mol. The Bertz CT molecular complexity index is 829. The molecule has 0 bridgehead atoms. The van der Waals surface area contributed by atoms with Gasteiger partial charge in [-0.05, 0) is 29.8 Å². The van der Waals surface area contributed by atoms with E-state index in [2.05, 4.69) is 27.0 Å². The molecule has 0 saturated carbocycles. The van der Waals surface area contributed by atoms with Gasteiger partial charge in [-0.2, -0.15) is 5.26 Å². The molecule has 2 N–H and O–H groups in total. The van der Waals surface area contributed by atoms with E-state index in [1.165, 1.54) is 0 Å². The second-order valence-electron chi connectivity index (χ2n) is 4.47. The van der Waals surface area contributed by atoms with E-state index in [0.29, 0.717) is 23.6 Å². The number of para-hydroxylation sites is 1. The molecule has 4 nitrogen and oxygen atoms in total. The molecule has 20 heavy (non-hydrogen) atoms. The Hall–Kier alpha value is -2.32. The van der Waals surface area contributed by atoms with Crippen molar-refractivity contribution in [2.75, 3.05) is 5.73 Å². The summed E-state index contributed by atoms with van der Waals surface area (Å²) in [4.78, 5) is 4.31. The molecule has 0 amide bonds. The van der Waals surface area contributed by atoms with Crippen LogP contribution >= 0.6 is 15.9 Å². The Morgan fingerprint density at radius 2 is 2.05 bits per heavy atom. The molecule has 1 aromatic heterocycles. The number of nitrogens with two attached hydrogens (primary N) is 1. The zero-order chi connectivity index (χ0) is 14.1. The molecule has 0 atom stereocenters. The van der Waals surface area contributed by atoms with Gasteiger partial charge in [0, 0.05) is 4.47 Å². The van der Waals surface area contributed by atoms with E-state index in [1.807, 2.05) is 41.0 Å². The lowest BCUT2D eigenvalue weighted by atomic mass is 10.2. The van der Waals surface area contributed by atoms with E-state index in [4.69, 9.17) is 11.0 Å². The van der Waals surface area contributed by atoms with Crippen LogP contribution in [0.1, 0.15) is 11.1 Å². The lowest BCUT2D eigenvalue weighted by molar-refractivity contribution is 0.838. The van der Waals surface area contributed by atoms with E-state index in [9.17, 15) is 0 Å². The fourth-order valence-electron chi connectivity index (χ4n) is 2.24. The van der Waals surface area contributed by atoms with Gasteiger partial charge in [0.1, 0.15) is 11.6 Å². The number of halogens is 1. The van der Waals surface area contributed by atoms with Gasteiger partial charge in [-0.25, -0.2) is 4.98 Å². The number of aromatic nitrogens is 2. The van der Waals surface area contributed by atoms with Crippen LogP contribution in [0.3, 0.4) is 0 Å². The fourth-order valence-corrected chi connectivity index (χ4v) is 2.69. The molecule has 0 aliphatic rings. The number of imidazole rings is 1. The van der Waals surface area contributed by atoms with Gasteiger partial charge in [0.05, 0.1) is 17.6 Å². The first-order valence-electron chi connectivity index (χ1n) is 6.08. The topological polar surface area (TPSA) is 67.6 Å². The van der Waals surface area contributed by atoms with Gasteiger partial charge < -0.3 is 10.3 Å². The van der Waals surface area contributed by atoms with Gasteiger partial charge in [-0.15, -0.1) is 0 Å². The predicted octanol–water partition coefficient (Wildman–Crippen LogP) is 3.30. The molecule has 0 fully saturated rings. The number of nitrogen functional groups attached to an aromatic ring is 1. The number of nitriles is 1. The maximum Gasteiger partial charge on any atom is 0.201 e. The first kappa shape index (κ1) is 12.7. The highest BCUT2D eigenvalue weighted by Gasteiger charge is 2.11. The largest absolute Gasteiger partial charge is 0.369 e. The molecule has 0 aliphatic heterocycles. The van der Waals surface area contributed by atoms with Gasteiger partial charge in [-0.1, -0.05) is 34.1 Å². The first-order valence-corrected chi connectivity index (χ1v) is 6.87. The molecule has 0 unspecified atom stereocenters. The van der Waals surface area contributed by atoms with Crippen molar-refractivity contribution in [3.63, 3.8) is 0 Å². The molecule has 3 aromatic rings. The van der Waals surface area contributed by atoms with Crippen LogP contribution in [-0.4, -0.2) is 9.55 Å². The number of hydrogen-bond donors (Lipinski definition) is 1. The maximum absolute atomic E-state index is 9.12. The molecule has 5 heteroatoms. The second-order valence-corrected chi connectivity index (χ2v) is 5.39. The number of benzene rings is 2. The van der Waals surface area contributed by atoms with Crippen molar-refractivity contribution >= 4 is 32.9 Å². The van der Waals surface area contributed by atoms with Crippen LogP contribution in [0.25, 0.3) is 11.0 Å². The fraction of sp³-hybridized carbons (Fsp3) is 0.0667. The Kier molecular flexibility index (Phi) is 3.17. The Morgan fingerprint density at radius 1 is 1.25 bits per heavy atom. The van der Waals surface area contributed by atoms with Crippen LogP contribution in [0.15, 0.2) is 46.9 Å². The average Bonchev–Trinajstić information content (AvgIpc) is 2.75. The molecule has 0 saturated heterocycles. The van der Waals surface area contributed by atoms with Crippen molar-refractivity contribution in [3.8, 4) is 6.07 Å². The number of hydrogen-bond acceptors (Lipinski definition) is 3. The van der Waals surface area contributed by atoms with Crippen molar-refractivity contribution in [1.82, 2.24) is 9.55 Å². The summed E-state index contributed by atoms with van der Waals surface area (Å²) in [6.45, 7) is 0.622. The number of rotatable bonds is 2. The number of anilines is 1. The molecule has 2 aromatic carbocycles. The van der Waals surface area contributed by atoms with Gasteiger partial charge in [0.25, 0.3) is 0 Å². The summed E-state index contributed by atoms with van der Waals surface area (Å²) in [5, 5.41) is 9.12. The van der Waals surface area contributed by atoms with Crippen molar-refractivity contribution in [1.29, 1.82) is 5.26 Å². The lowest BCUT2D eigenvalue weighted by Crippen LogP contribution is -2.04. The smallest absolute Gasteiger partial charge is 0.201 e. The normalized spacial score (nSPS) is 10.6. The zero-order valence-corrected chi connectivity index (χ0v) is 12.1. The van der Waals surface area contributed by atoms with Gasteiger partial charge in [-0.3, -0.25) is 0 Å². The van der Waals surface area contributed by atoms with Crippen LogP contribution in [0.2, 0.25) is 0 Å². The van der Waals surface area contributed by atoms with E-state index in [1.54, 1.807) is 6.07 Å². The molecule has 1 heterocycles. The SMILES string of the molecule is N#Cc1cccc2c1nc(N)n2Cc1cccc(Br)c1. The monoisotopic (exact) mass is 326 g/mol. The predicted molar refractivity (Wildman–Crippen MR) is 82.1 cm³/mol. The molecule has 3 rings (SSSR count). The van der Waals surface area contributed by atoms with Crippen LogP contribution < -0.4 is 5.73 Å². The van der Waals surface area contributed by atoms with Gasteiger partial charge >= 0.3 is 0 Å². The summed E-state index contributed by atoms with van der Waals surface area (Å²) < 4.78 is 2.94. The molecule has 0 aliphatic carbocycles. The lowest BCUT2D eigenvalue weighted by Gasteiger charge is -2.07. The summed E-state index contributed by atoms with van der Waals surface area (Å²) in [7, 11) is 0. The van der Waals surface area contributed by atoms with E-state index in [-0.39, 0.29) is 0 Å². The molecule has 98 valence electrons. The van der Waals surface area contributed by atoms with Crippen molar-refractivity contribution in [3.05, 3.63) is 58.1 Å². The minimum Gasteiger partial charge on any atom is -0.369 e. The van der Waals surface area contributed by atoms with Crippen molar-refractivity contribution in [2.45, 2.75) is 6.54 Å². The zero-order valence-electron chi connectivity index (χ0n) is 10.5. The third-order valence-corrected chi connectivity index (χ3v) is 3.65. The first-order chi connectivity index (χ1) is 9.69. The highest BCUT2D eigenvalue weighted by molar-refractivity contribution is 9.10. The number of fused-ring (bicyclic) bond motifs is 1. The number of nitrogens with zero attached hydrogens (tertiary/aromatic N) is 3. The summed E-state index contributed by atoms with van der Waals surface area (Å²) >= 11 is 3.46. The molecular formula is C15H11BrN4. The van der Waals surface area contributed by atoms with Crippen molar-refractivity contribution in [2.24, 2.45) is 0 Å². The summed E-state index contributed by atoms with van der Waals surface area (Å²) in [5.74, 6) is 0.419. The molecule has 0 radical (unpaired) electrons. The Balaban J connectivity index is 2.13. The molecule has 0 spiro atoms. The van der Waals surface area contributed by atoms with Crippen LogP contribution in [0.5, 0.6) is 0 Å². The Morgan fingerprint density at radius 3 is 2.80 bits per heavy atom.